The van der Waals surface area contributed by atoms with E-state index in [0.717, 1.165) is 30.6 Å². The lowest BCUT2D eigenvalue weighted by molar-refractivity contribution is -0.133. The van der Waals surface area contributed by atoms with Gasteiger partial charge in [0.05, 0.1) is 12.5 Å². The van der Waals surface area contributed by atoms with E-state index in [2.05, 4.69) is 15.2 Å². The highest BCUT2D eigenvalue weighted by Gasteiger charge is 2.29. The first-order valence-corrected chi connectivity index (χ1v) is 9.88. The molecule has 1 atom stereocenters. The summed E-state index contributed by atoms with van der Waals surface area (Å²) in [6.07, 6.45) is 3.36. The van der Waals surface area contributed by atoms with Gasteiger partial charge in [0.15, 0.2) is 0 Å². The summed E-state index contributed by atoms with van der Waals surface area (Å²) in [7, 11) is 0. The van der Waals surface area contributed by atoms with Gasteiger partial charge in [-0.2, -0.15) is 0 Å². The van der Waals surface area contributed by atoms with Gasteiger partial charge in [-0.15, -0.1) is 0 Å². The Kier molecular flexibility index (Phi) is 6.63. The lowest BCUT2D eigenvalue weighted by Crippen LogP contribution is -2.47. The molecule has 1 fully saturated rings. The van der Waals surface area contributed by atoms with Gasteiger partial charge in [0.1, 0.15) is 5.82 Å². The number of aromatic nitrogens is 1. The molecule has 0 aliphatic carbocycles. The van der Waals surface area contributed by atoms with Crippen LogP contribution in [0, 0.1) is 12.8 Å². The number of pyridine rings is 1. The fraction of sp³-hybridized carbons (Fsp3) is 0.409. The highest BCUT2D eigenvalue weighted by molar-refractivity contribution is 5.92. The lowest BCUT2D eigenvalue weighted by Gasteiger charge is -2.34. The van der Waals surface area contributed by atoms with Crippen LogP contribution in [0.1, 0.15) is 25.3 Å². The fourth-order valence-electron chi connectivity index (χ4n) is 3.48. The number of nitrogens with one attached hydrogen (secondary N) is 1. The maximum Gasteiger partial charge on any atom is 0.242 e. The van der Waals surface area contributed by atoms with Gasteiger partial charge >= 0.3 is 0 Å². The Morgan fingerprint density at radius 1 is 1.21 bits per heavy atom. The Bertz CT molecular complexity index is 792. The van der Waals surface area contributed by atoms with E-state index in [1.165, 1.54) is 0 Å². The molecule has 3 rings (SSSR count). The van der Waals surface area contributed by atoms with Gasteiger partial charge in [0, 0.05) is 31.5 Å². The third kappa shape index (κ3) is 5.09. The van der Waals surface area contributed by atoms with Crippen LogP contribution in [0.4, 0.5) is 11.5 Å². The third-order valence-corrected chi connectivity index (χ3v) is 5.14. The second-order valence-electron chi connectivity index (χ2n) is 7.24. The van der Waals surface area contributed by atoms with E-state index < -0.39 is 0 Å². The van der Waals surface area contributed by atoms with Crippen molar-refractivity contribution in [2.45, 2.75) is 26.7 Å². The molecule has 1 aromatic carbocycles. The van der Waals surface area contributed by atoms with Gasteiger partial charge in [0.25, 0.3) is 0 Å². The Morgan fingerprint density at radius 2 is 2.00 bits per heavy atom. The minimum Gasteiger partial charge on any atom is -0.362 e. The average Bonchev–Trinajstić information content (AvgIpc) is 2.74. The minimum atomic E-state index is -0.201. The molecule has 6 heteroatoms. The Labute approximate surface area is 166 Å². The van der Waals surface area contributed by atoms with Crippen LogP contribution in [0.25, 0.3) is 0 Å². The smallest absolute Gasteiger partial charge is 0.242 e. The quantitative estimate of drug-likeness (QED) is 0.836. The van der Waals surface area contributed by atoms with Gasteiger partial charge in [-0.05, 0) is 50.5 Å². The molecule has 0 spiro atoms. The summed E-state index contributed by atoms with van der Waals surface area (Å²) in [4.78, 5) is 33.6. The van der Waals surface area contributed by atoms with Crippen LogP contribution in [0.15, 0.2) is 48.7 Å². The topological polar surface area (TPSA) is 65.5 Å². The molecule has 148 valence electrons. The highest BCUT2D eigenvalue weighted by atomic mass is 16.2. The summed E-state index contributed by atoms with van der Waals surface area (Å²) in [5, 5.41) is 2.88. The number of para-hydroxylation sites is 1. The van der Waals surface area contributed by atoms with Crippen molar-refractivity contribution >= 4 is 23.3 Å². The van der Waals surface area contributed by atoms with E-state index in [1.807, 2.05) is 55.1 Å². The molecular formula is C22H28N4O2. The molecule has 28 heavy (non-hydrogen) atoms. The van der Waals surface area contributed by atoms with Crippen molar-refractivity contribution < 1.29 is 9.59 Å². The zero-order valence-corrected chi connectivity index (χ0v) is 16.6. The van der Waals surface area contributed by atoms with Crippen LogP contribution >= 0.6 is 0 Å². The summed E-state index contributed by atoms with van der Waals surface area (Å²) in [5.41, 5.74) is 2.08. The van der Waals surface area contributed by atoms with Crippen molar-refractivity contribution in [2.75, 3.05) is 36.4 Å². The number of hydrogen-bond acceptors (Lipinski definition) is 4. The molecular weight excluding hydrogens is 352 g/mol. The predicted molar refractivity (Wildman–Crippen MR) is 111 cm³/mol. The molecule has 1 aliphatic rings. The number of nitrogens with zero attached hydrogens (tertiary/aromatic N) is 3. The van der Waals surface area contributed by atoms with E-state index in [-0.39, 0.29) is 17.7 Å². The second kappa shape index (κ2) is 9.35. The van der Waals surface area contributed by atoms with Crippen LogP contribution in [-0.2, 0) is 9.59 Å². The van der Waals surface area contributed by atoms with Gasteiger partial charge in [0.2, 0.25) is 11.8 Å². The first-order chi connectivity index (χ1) is 13.6. The van der Waals surface area contributed by atoms with Crippen molar-refractivity contribution in [1.82, 2.24) is 9.88 Å². The van der Waals surface area contributed by atoms with Crippen LogP contribution < -0.4 is 10.2 Å². The molecule has 2 aromatic rings. The predicted octanol–water partition coefficient (Wildman–Crippen LogP) is 3.09. The summed E-state index contributed by atoms with van der Waals surface area (Å²) in [6.45, 7) is 6.25. The molecule has 0 saturated carbocycles. The number of aryl methyl sites for hydroxylation is 1. The van der Waals surface area contributed by atoms with Crippen molar-refractivity contribution in [2.24, 2.45) is 5.92 Å². The number of likely N-dealkylation sites (N-methyl/N-ethyl adjacent to an activating group) is 1. The van der Waals surface area contributed by atoms with Gasteiger partial charge < -0.3 is 15.1 Å². The number of carbonyl (C=O) groups excluding carboxylic acids is 2. The van der Waals surface area contributed by atoms with Gasteiger partial charge in [-0.3, -0.25) is 9.59 Å². The van der Waals surface area contributed by atoms with Crippen molar-refractivity contribution in [3.05, 3.63) is 54.2 Å². The number of piperidine rings is 1. The van der Waals surface area contributed by atoms with Crippen molar-refractivity contribution in [3.8, 4) is 0 Å². The zero-order valence-electron chi connectivity index (χ0n) is 16.6. The second-order valence-corrected chi connectivity index (χ2v) is 7.24. The average molecular weight is 380 g/mol. The Balaban J connectivity index is 1.58. The first-order valence-electron chi connectivity index (χ1n) is 9.88. The maximum absolute atomic E-state index is 12.8. The van der Waals surface area contributed by atoms with Crippen LogP contribution in [0.3, 0.4) is 0 Å². The Hall–Kier alpha value is -2.89. The summed E-state index contributed by atoms with van der Waals surface area (Å²) < 4.78 is 0. The zero-order chi connectivity index (χ0) is 19.9. The number of benzene rings is 1. The molecule has 1 N–H and O–H groups in total. The molecule has 0 bridgehead atoms. The van der Waals surface area contributed by atoms with Crippen LogP contribution in [-0.4, -0.2) is 47.9 Å². The molecule has 0 radical (unpaired) electrons. The summed E-state index contributed by atoms with van der Waals surface area (Å²) in [6, 6.07) is 13.7. The van der Waals surface area contributed by atoms with Gasteiger partial charge in [-0.1, -0.05) is 24.3 Å². The third-order valence-electron chi connectivity index (χ3n) is 5.14. The van der Waals surface area contributed by atoms with Crippen LogP contribution in [0.5, 0.6) is 0 Å². The molecule has 1 unspecified atom stereocenters. The molecule has 1 aliphatic heterocycles. The molecule has 1 saturated heterocycles. The first kappa shape index (κ1) is 19.9. The lowest BCUT2D eigenvalue weighted by atomic mass is 9.97. The normalized spacial score (nSPS) is 16.5. The minimum absolute atomic E-state index is 0.0655. The molecule has 2 heterocycles. The van der Waals surface area contributed by atoms with E-state index in [9.17, 15) is 9.59 Å². The van der Waals surface area contributed by atoms with E-state index in [1.54, 1.807) is 12.3 Å². The molecule has 1 aromatic heterocycles. The molecule has 6 nitrogen and oxygen atoms in total. The Morgan fingerprint density at radius 3 is 2.68 bits per heavy atom. The largest absolute Gasteiger partial charge is 0.362 e. The number of rotatable bonds is 6. The number of hydrogen-bond donors (Lipinski definition) is 1. The monoisotopic (exact) mass is 380 g/mol. The van der Waals surface area contributed by atoms with E-state index in [4.69, 9.17) is 0 Å². The van der Waals surface area contributed by atoms with Gasteiger partial charge in [-0.25, -0.2) is 4.98 Å². The highest BCUT2D eigenvalue weighted by Crippen LogP contribution is 2.20. The molecule has 2 amide bonds. The van der Waals surface area contributed by atoms with Crippen molar-refractivity contribution in [3.63, 3.8) is 0 Å². The number of anilines is 2. The number of likely N-dealkylation sites (tertiary alicyclic amines) is 1. The van der Waals surface area contributed by atoms with E-state index in [0.29, 0.717) is 25.5 Å². The van der Waals surface area contributed by atoms with Crippen molar-refractivity contribution in [1.29, 1.82) is 0 Å². The fourth-order valence-corrected chi connectivity index (χ4v) is 3.48. The summed E-state index contributed by atoms with van der Waals surface area (Å²) in [5.74, 6) is 0.355. The number of amides is 2. The standard InChI is InChI=1S/C22H28N4O2/c1-3-25(19-9-5-4-6-10-19)16-21(27)26-13-7-8-18(15-26)22(28)24-20-12-11-17(2)14-23-20/h4-6,9-12,14,18H,3,7-8,13,15-16H2,1-2H3,(H,23,24,28). The number of carbonyl (C=O) groups is 2. The maximum atomic E-state index is 12.8. The SMILES string of the molecule is CCN(CC(=O)N1CCCC(C(=O)Nc2ccc(C)cn2)C1)c1ccccc1. The van der Waals surface area contributed by atoms with Crippen LogP contribution in [0.2, 0.25) is 0 Å². The van der Waals surface area contributed by atoms with E-state index >= 15 is 0 Å². The summed E-state index contributed by atoms with van der Waals surface area (Å²) >= 11 is 0.